The third-order valence-electron chi connectivity index (χ3n) is 8.39. The van der Waals surface area contributed by atoms with Crippen molar-refractivity contribution in [3.63, 3.8) is 0 Å². The van der Waals surface area contributed by atoms with E-state index in [-0.39, 0.29) is 24.7 Å². The van der Waals surface area contributed by atoms with Crippen LogP contribution in [0.3, 0.4) is 0 Å². The van der Waals surface area contributed by atoms with E-state index in [1.165, 1.54) is 4.90 Å². The minimum atomic E-state index is -3.09. The van der Waals surface area contributed by atoms with Crippen molar-refractivity contribution in [1.29, 1.82) is 5.26 Å². The third-order valence-corrected chi connectivity index (χ3v) is 8.39. The highest BCUT2D eigenvalue weighted by atomic mass is 19.3. The van der Waals surface area contributed by atoms with Gasteiger partial charge in [0, 0.05) is 37.3 Å². The summed E-state index contributed by atoms with van der Waals surface area (Å²) in [5, 5.41) is 18.2. The van der Waals surface area contributed by atoms with E-state index >= 15 is 8.78 Å². The van der Waals surface area contributed by atoms with Crippen molar-refractivity contribution in [3.8, 4) is 6.07 Å². The third kappa shape index (κ3) is 5.45. The van der Waals surface area contributed by atoms with Crippen molar-refractivity contribution in [2.24, 2.45) is 17.8 Å². The number of pyridine rings is 1. The van der Waals surface area contributed by atoms with Crippen molar-refractivity contribution in [3.05, 3.63) is 24.0 Å². The first kappa shape index (κ1) is 26.3. The number of hydrogen-bond donors (Lipinski definition) is 3. The molecule has 1 aromatic rings. The summed E-state index contributed by atoms with van der Waals surface area (Å²) in [5.41, 5.74) is 1.58. The quantitative estimate of drug-likeness (QED) is 0.452. The maximum atomic E-state index is 15.1. The highest BCUT2D eigenvalue weighted by Crippen LogP contribution is 2.49. The van der Waals surface area contributed by atoms with E-state index in [9.17, 15) is 19.6 Å². The minimum absolute atomic E-state index is 0.103. The van der Waals surface area contributed by atoms with E-state index in [1.807, 2.05) is 19.1 Å². The fourth-order valence-corrected chi connectivity index (χ4v) is 6.30. The standard InChI is InChI=1S/C27H34F2N6O3/c1-15-8-19(14-31-13-15)33-22(9-16-2-3-16)26(38)35-20-4-5-21(27(28,29)11-20)23(35)25(37)34-18(12-30)10-17-6-7-32-24(17)36/h8,13-14,16-18,20-23,33H,2-7,9-11H2,1H3,(H,32,36)(H,34,37)/t17-,18-,20+,21+,22+,23+/m0/s1. The highest BCUT2D eigenvalue weighted by Gasteiger charge is 2.61. The molecule has 1 aromatic heterocycles. The predicted octanol–water partition coefficient (Wildman–Crippen LogP) is 2.52. The second-order valence-electron chi connectivity index (χ2n) is 11.3. The Kier molecular flexibility index (Phi) is 7.25. The second kappa shape index (κ2) is 10.5. The van der Waals surface area contributed by atoms with E-state index in [0.29, 0.717) is 37.4 Å². The summed E-state index contributed by atoms with van der Waals surface area (Å²) in [4.78, 5) is 45.1. The average molecular weight is 529 g/mol. The van der Waals surface area contributed by atoms with Gasteiger partial charge in [0.2, 0.25) is 17.7 Å². The second-order valence-corrected chi connectivity index (χ2v) is 11.3. The smallest absolute Gasteiger partial charge is 0.255 e. The lowest BCUT2D eigenvalue weighted by Gasteiger charge is -2.54. The molecule has 0 radical (unpaired) electrons. The van der Waals surface area contributed by atoms with Crippen LogP contribution in [-0.4, -0.2) is 64.2 Å². The number of hydrogen-bond acceptors (Lipinski definition) is 6. The van der Waals surface area contributed by atoms with Crippen molar-refractivity contribution >= 4 is 23.4 Å². The van der Waals surface area contributed by atoms with Crippen LogP contribution in [-0.2, 0) is 14.4 Å². The Morgan fingerprint density at radius 3 is 2.66 bits per heavy atom. The Hall–Kier alpha value is -3.29. The number of rotatable bonds is 9. The summed E-state index contributed by atoms with van der Waals surface area (Å²) in [6.45, 7) is 2.39. The molecule has 2 saturated carbocycles. The zero-order valence-electron chi connectivity index (χ0n) is 21.5. The Balaban J connectivity index is 1.38. The fraction of sp³-hybridized carbons (Fsp3) is 0.667. The molecule has 3 N–H and O–H groups in total. The van der Waals surface area contributed by atoms with Crippen molar-refractivity contribution in [2.75, 3.05) is 11.9 Å². The van der Waals surface area contributed by atoms with Crippen LogP contribution in [0.1, 0.15) is 56.9 Å². The highest BCUT2D eigenvalue weighted by molar-refractivity contribution is 5.92. The molecular formula is C27H34F2N6O3. The number of amides is 3. The van der Waals surface area contributed by atoms with E-state index < -0.39 is 54.3 Å². The molecule has 3 aliphatic heterocycles. The zero-order valence-corrected chi connectivity index (χ0v) is 21.5. The lowest BCUT2D eigenvalue weighted by Crippen LogP contribution is -2.70. The summed E-state index contributed by atoms with van der Waals surface area (Å²) in [6, 6.07) is 0.0408. The zero-order chi connectivity index (χ0) is 27.0. The monoisotopic (exact) mass is 528 g/mol. The van der Waals surface area contributed by atoms with Gasteiger partial charge in [-0.05, 0) is 56.6 Å². The normalized spacial score (nSPS) is 29.2. The number of aromatic nitrogens is 1. The molecule has 38 heavy (non-hydrogen) atoms. The summed E-state index contributed by atoms with van der Waals surface area (Å²) in [7, 11) is 0. The van der Waals surface area contributed by atoms with Gasteiger partial charge in [-0.2, -0.15) is 5.26 Å². The number of carbonyl (C=O) groups excluding carboxylic acids is 3. The van der Waals surface area contributed by atoms with Crippen LogP contribution in [0.15, 0.2) is 18.5 Å². The van der Waals surface area contributed by atoms with Gasteiger partial charge in [-0.15, -0.1) is 0 Å². The number of carbonyl (C=O) groups is 3. The number of anilines is 1. The molecule has 9 nitrogen and oxygen atoms in total. The van der Waals surface area contributed by atoms with Gasteiger partial charge < -0.3 is 20.9 Å². The van der Waals surface area contributed by atoms with E-state index in [4.69, 9.17) is 0 Å². The molecule has 11 heteroatoms. The van der Waals surface area contributed by atoms with Gasteiger partial charge >= 0.3 is 0 Å². The Labute approximate surface area is 220 Å². The van der Waals surface area contributed by atoms with Gasteiger partial charge in [-0.1, -0.05) is 12.8 Å². The number of nitriles is 1. The van der Waals surface area contributed by atoms with Gasteiger partial charge in [-0.25, -0.2) is 8.78 Å². The average Bonchev–Trinajstić information content (AvgIpc) is 3.61. The van der Waals surface area contributed by atoms with Crippen molar-refractivity contribution in [2.45, 2.75) is 88.4 Å². The first-order chi connectivity index (χ1) is 18.2. The predicted molar refractivity (Wildman–Crippen MR) is 134 cm³/mol. The van der Waals surface area contributed by atoms with E-state index in [0.717, 1.165) is 18.4 Å². The van der Waals surface area contributed by atoms with Crippen LogP contribution in [0, 0.1) is 36.0 Å². The number of aryl methyl sites for hydroxylation is 1. The molecule has 0 unspecified atom stereocenters. The summed E-state index contributed by atoms with van der Waals surface area (Å²) in [6.07, 6.45) is 6.59. The SMILES string of the molecule is Cc1cncc(N[C@H](CC2CC2)C(=O)N2[C@@H]3CC[C@H]([C@@H]2C(=O)N[C@H](C#N)C[C@@H]2CCNC2=O)C(F)(F)C3)c1. The van der Waals surface area contributed by atoms with E-state index in [2.05, 4.69) is 20.9 Å². The number of alkyl halides is 2. The molecular weight excluding hydrogens is 494 g/mol. The molecule has 2 bridgehead atoms. The van der Waals surface area contributed by atoms with Crippen LogP contribution < -0.4 is 16.0 Å². The molecule has 6 rings (SSSR count). The van der Waals surface area contributed by atoms with Crippen LogP contribution in [0.5, 0.6) is 0 Å². The summed E-state index contributed by atoms with van der Waals surface area (Å²) < 4.78 is 30.2. The molecule has 5 aliphatic rings. The van der Waals surface area contributed by atoms with Crippen molar-refractivity contribution < 1.29 is 23.2 Å². The number of fused-ring (bicyclic) bond motifs is 3. The maximum absolute atomic E-state index is 15.1. The molecule has 5 fully saturated rings. The Morgan fingerprint density at radius 1 is 1.24 bits per heavy atom. The van der Waals surface area contributed by atoms with E-state index in [1.54, 1.807) is 12.4 Å². The maximum Gasteiger partial charge on any atom is 0.255 e. The number of nitrogens with one attached hydrogen (secondary N) is 3. The molecule has 3 amide bonds. The first-order valence-corrected chi connectivity index (χ1v) is 13.5. The Morgan fingerprint density at radius 2 is 2.03 bits per heavy atom. The molecule has 2 aliphatic carbocycles. The topological polar surface area (TPSA) is 127 Å². The van der Waals surface area contributed by atoms with Crippen LogP contribution in [0.2, 0.25) is 0 Å². The molecule has 4 heterocycles. The fourth-order valence-electron chi connectivity index (χ4n) is 6.30. The number of halogens is 2. The number of piperidine rings is 2. The molecule has 0 aromatic carbocycles. The van der Waals surface area contributed by atoms with Gasteiger partial charge in [-0.3, -0.25) is 19.4 Å². The Bertz CT molecular complexity index is 1140. The summed E-state index contributed by atoms with van der Waals surface area (Å²) >= 11 is 0. The van der Waals surface area contributed by atoms with Crippen LogP contribution >= 0.6 is 0 Å². The molecule has 3 saturated heterocycles. The van der Waals surface area contributed by atoms with Crippen molar-refractivity contribution in [1.82, 2.24) is 20.5 Å². The minimum Gasteiger partial charge on any atom is -0.372 e. The van der Waals surface area contributed by atoms with Crippen LogP contribution in [0.4, 0.5) is 14.5 Å². The van der Waals surface area contributed by atoms with Gasteiger partial charge in [0.25, 0.3) is 5.92 Å². The van der Waals surface area contributed by atoms with Gasteiger partial charge in [0.1, 0.15) is 18.1 Å². The van der Waals surface area contributed by atoms with Gasteiger partial charge in [0.15, 0.2) is 0 Å². The summed E-state index contributed by atoms with van der Waals surface area (Å²) in [5.74, 6) is -5.77. The molecule has 0 spiro atoms. The van der Waals surface area contributed by atoms with Gasteiger partial charge in [0.05, 0.1) is 17.7 Å². The molecule has 204 valence electrons. The lowest BCUT2D eigenvalue weighted by molar-refractivity contribution is -0.194. The number of nitrogens with zero attached hydrogens (tertiary/aromatic N) is 3. The largest absolute Gasteiger partial charge is 0.372 e. The van der Waals surface area contributed by atoms with Crippen LogP contribution in [0.25, 0.3) is 0 Å². The lowest BCUT2D eigenvalue weighted by atomic mass is 9.71. The molecule has 6 atom stereocenters. The first-order valence-electron chi connectivity index (χ1n) is 13.5.